The molecule has 0 aliphatic heterocycles. The third kappa shape index (κ3) is 10.8. The molecule has 6 nitrogen and oxygen atoms in total. The van der Waals surface area contributed by atoms with Crippen LogP contribution >= 0.6 is 24.0 Å². The second kappa shape index (κ2) is 14.0. The maximum Gasteiger partial charge on any atom is 0.191 e. The van der Waals surface area contributed by atoms with Crippen LogP contribution in [0.15, 0.2) is 34.2 Å². The molecule has 27 heavy (non-hydrogen) atoms. The highest BCUT2D eigenvalue weighted by Crippen LogP contribution is 2.15. The van der Waals surface area contributed by atoms with Gasteiger partial charge in [-0.25, -0.2) is 8.42 Å². The number of hydrogen-bond acceptors (Lipinski definition) is 4. The smallest absolute Gasteiger partial charge is 0.191 e. The monoisotopic (exact) mass is 511 g/mol. The molecule has 0 aliphatic rings. The average Bonchev–Trinajstić information content (AvgIpc) is 2.63. The molecule has 0 radical (unpaired) electrons. The maximum atomic E-state index is 11.4. The van der Waals surface area contributed by atoms with E-state index in [1.54, 1.807) is 31.3 Å². The van der Waals surface area contributed by atoms with E-state index < -0.39 is 9.84 Å². The molecule has 1 aromatic carbocycles. The number of sulfone groups is 1. The van der Waals surface area contributed by atoms with Crippen LogP contribution in [0.1, 0.15) is 39.5 Å². The number of hydrogen-bond donors (Lipinski definition) is 2. The first kappa shape index (κ1) is 26.0. The van der Waals surface area contributed by atoms with Gasteiger partial charge in [0.25, 0.3) is 0 Å². The van der Waals surface area contributed by atoms with E-state index in [-0.39, 0.29) is 24.0 Å². The first-order valence-electron chi connectivity index (χ1n) is 9.28. The van der Waals surface area contributed by atoms with Crippen molar-refractivity contribution < 1.29 is 13.2 Å². The van der Waals surface area contributed by atoms with Gasteiger partial charge in [-0.2, -0.15) is 0 Å². The van der Waals surface area contributed by atoms with Gasteiger partial charge in [0.05, 0.1) is 11.4 Å². The van der Waals surface area contributed by atoms with E-state index in [1.165, 1.54) is 25.5 Å². The van der Waals surface area contributed by atoms with Gasteiger partial charge in [-0.15, -0.1) is 24.0 Å². The first-order chi connectivity index (χ1) is 12.4. The molecule has 1 unspecified atom stereocenters. The molecule has 0 spiro atoms. The largest absolute Gasteiger partial charge is 0.492 e. The van der Waals surface area contributed by atoms with E-state index in [2.05, 4.69) is 29.5 Å². The maximum absolute atomic E-state index is 11.4. The molecule has 1 atom stereocenters. The van der Waals surface area contributed by atoms with Crippen molar-refractivity contribution in [1.82, 2.24) is 10.6 Å². The zero-order chi connectivity index (χ0) is 19.4. The highest BCUT2D eigenvalue weighted by atomic mass is 127. The summed E-state index contributed by atoms with van der Waals surface area (Å²) in [6.07, 6.45) is 6.08. The number of nitrogens with one attached hydrogen (secondary N) is 2. The highest BCUT2D eigenvalue weighted by Gasteiger charge is 2.08. The third-order valence-corrected chi connectivity index (χ3v) is 5.37. The molecule has 156 valence electrons. The SMILES string of the molecule is CCCCC(CC)CNC(=NC)NCCOc1ccc(S(C)(=O)=O)cc1.I. The van der Waals surface area contributed by atoms with Gasteiger partial charge in [0.15, 0.2) is 15.8 Å². The number of guanidine groups is 1. The average molecular weight is 511 g/mol. The van der Waals surface area contributed by atoms with Crippen molar-refractivity contribution in [1.29, 1.82) is 0 Å². The minimum Gasteiger partial charge on any atom is -0.492 e. The minimum atomic E-state index is -3.17. The quantitative estimate of drug-likeness (QED) is 0.206. The number of aliphatic imine (C=N–C) groups is 1. The fourth-order valence-electron chi connectivity index (χ4n) is 2.53. The Bertz CT molecular complexity index is 649. The fraction of sp³-hybridized carbons (Fsp3) is 0.632. The Morgan fingerprint density at radius 3 is 2.37 bits per heavy atom. The predicted molar refractivity (Wildman–Crippen MR) is 123 cm³/mol. The van der Waals surface area contributed by atoms with E-state index in [9.17, 15) is 8.42 Å². The molecular weight excluding hydrogens is 477 g/mol. The lowest BCUT2D eigenvalue weighted by Gasteiger charge is -2.18. The van der Waals surface area contributed by atoms with Gasteiger partial charge in [0, 0.05) is 19.8 Å². The zero-order valence-electron chi connectivity index (χ0n) is 16.8. The molecule has 0 saturated carbocycles. The molecule has 1 aromatic rings. The summed E-state index contributed by atoms with van der Waals surface area (Å²) in [6.45, 7) is 6.44. The Balaban J connectivity index is 0.00000676. The van der Waals surface area contributed by atoms with Gasteiger partial charge in [0.2, 0.25) is 0 Å². The van der Waals surface area contributed by atoms with Crippen LogP contribution in [-0.2, 0) is 9.84 Å². The van der Waals surface area contributed by atoms with Gasteiger partial charge in [0.1, 0.15) is 12.4 Å². The van der Waals surface area contributed by atoms with Gasteiger partial charge in [-0.1, -0.05) is 33.1 Å². The summed E-state index contributed by atoms with van der Waals surface area (Å²) in [7, 11) is -1.42. The van der Waals surface area contributed by atoms with Crippen molar-refractivity contribution >= 4 is 39.8 Å². The number of rotatable bonds is 11. The van der Waals surface area contributed by atoms with E-state index >= 15 is 0 Å². The van der Waals surface area contributed by atoms with Crippen LogP contribution in [0.2, 0.25) is 0 Å². The first-order valence-corrected chi connectivity index (χ1v) is 11.2. The topological polar surface area (TPSA) is 79.8 Å². The molecule has 8 heteroatoms. The van der Waals surface area contributed by atoms with Crippen LogP contribution in [0, 0.1) is 5.92 Å². The van der Waals surface area contributed by atoms with Crippen LogP contribution in [0.25, 0.3) is 0 Å². The number of unbranched alkanes of at least 4 members (excludes halogenated alkanes) is 1. The molecule has 0 saturated heterocycles. The Morgan fingerprint density at radius 2 is 1.85 bits per heavy atom. The Hall–Kier alpha value is -1.03. The van der Waals surface area contributed by atoms with Crippen molar-refractivity contribution in [3.8, 4) is 5.75 Å². The number of benzene rings is 1. The second-order valence-electron chi connectivity index (χ2n) is 6.39. The van der Waals surface area contributed by atoms with Crippen LogP contribution < -0.4 is 15.4 Å². The van der Waals surface area contributed by atoms with Crippen molar-refractivity contribution in [2.75, 3.05) is 33.0 Å². The molecule has 0 amide bonds. The Morgan fingerprint density at radius 1 is 1.19 bits per heavy atom. The molecule has 0 bridgehead atoms. The normalized spacial score (nSPS) is 12.8. The lowest BCUT2D eigenvalue weighted by atomic mass is 9.99. The van der Waals surface area contributed by atoms with E-state index in [0.29, 0.717) is 29.7 Å². The summed E-state index contributed by atoms with van der Waals surface area (Å²) in [5.74, 6) is 2.09. The van der Waals surface area contributed by atoms with Crippen molar-refractivity contribution in [2.24, 2.45) is 10.9 Å². The lowest BCUT2D eigenvalue weighted by molar-refractivity contribution is 0.321. The molecule has 0 aromatic heterocycles. The summed E-state index contributed by atoms with van der Waals surface area (Å²) in [4.78, 5) is 4.52. The van der Waals surface area contributed by atoms with E-state index in [4.69, 9.17) is 4.74 Å². The molecule has 0 heterocycles. The van der Waals surface area contributed by atoms with Crippen LogP contribution in [-0.4, -0.2) is 47.4 Å². The highest BCUT2D eigenvalue weighted by molar-refractivity contribution is 14.0. The van der Waals surface area contributed by atoms with Gasteiger partial charge < -0.3 is 15.4 Å². The molecule has 0 aliphatic carbocycles. The Kier molecular flexibility index (Phi) is 13.5. The van der Waals surface area contributed by atoms with E-state index in [0.717, 1.165) is 18.9 Å². The Labute approximate surface area is 181 Å². The summed E-state index contributed by atoms with van der Waals surface area (Å²) in [6, 6.07) is 6.45. The number of nitrogens with zero attached hydrogens (tertiary/aromatic N) is 1. The number of halogens is 1. The standard InChI is InChI=1S/C19H33N3O3S.HI/c1-5-7-8-16(6-2)15-22-19(20-3)21-13-14-25-17-9-11-18(12-10-17)26(4,23)24;/h9-12,16H,5-8,13-15H2,1-4H3,(H2,20,21,22);1H. The third-order valence-electron chi connectivity index (χ3n) is 4.24. The summed E-state index contributed by atoms with van der Waals surface area (Å²) in [5, 5.41) is 6.60. The number of ether oxygens (including phenoxy) is 1. The predicted octanol–water partition coefficient (Wildman–Crippen LogP) is 3.47. The summed E-state index contributed by atoms with van der Waals surface area (Å²) >= 11 is 0. The summed E-state index contributed by atoms with van der Waals surface area (Å²) < 4.78 is 28.5. The van der Waals surface area contributed by atoms with Crippen molar-refractivity contribution in [2.45, 2.75) is 44.4 Å². The molecular formula is C19H34IN3O3S. The molecule has 1 rings (SSSR count). The van der Waals surface area contributed by atoms with Crippen LogP contribution in [0.3, 0.4) is 0 Å². The minimum absolute atomic E-state index is 0. The second-order valence-corrected chi connectivity index (χ2v) is 8.40. The zero-order valence-corrected chi connectivity index (χ0v) is 20.0. The lowest BCUT2D eigenvalue weighted by Crippen LogP contribution is -2.41. The fourth-order valence-corrected chi connectivity index (χ4v) is 3.16. The van der Waals surface area contributed by atoms with Crippen molar-refractivity contribution in [3.05, 3.63) is 24.3 Å². The summed E-state index contributed by atoms with van der Waals surface area (Å²) in [5.41, 5.74) is 0. The molecule has 0 fully saturated rings. The van der Waals surface area contributed by atoms with Gasteiger partial charge >= 0.3 is 0 Å². The van der Waals surface area contributed by atoms with Gasteiger partial charge in [-0.3, -0.25) is 4.99 Å². The van der Waals surface area contributed by atoms with Crippen LogP contribution in [0.5, 0.6) is 5.75 Å². The van der Waals surface area contributed by atoms with Crippen LogP contribution in [0.4, 0.5) is 0 Å². The molecule has 2 N–H and O–H groups in total. The van der Waals surface area contributed by atoms with Crippen molar-refractivity contribution in [3.63, 3.8) is 0 Å². The van der Waals surface area contributed by atoms with E-state index in [1.807, 2.05) is 0 Å². The van der Waals surface area contributed by atoms with Gasteiger partial charge in [-0.05, 0) is 36.6 Å².